The minimum Gasteiger partial charge on any atom is -0.457 e. The molecular formula is C24H25N5O4S. The summed E-state index contributed by atoms with van der Waals surface area (Å²) in [6.07, 6.45) is 4.73. The minimum atomic E-state index is -3.76. The molecule has 34 heavy (non-hydrogen) atoms. The molecule has 0 radical (unpaired) electrons. The van der Waals surface area contributed by atoms with E-state index in [0.29, 0.717) is 18.6 Å². The molecule has 0 unspecified atom stereocenters. The average molecular weight is 480 g/mol. The Kier molecular flexibility index (Phi) is 6.27. The normalized spacial score (nSPS) is 17.1. The topological polar surface area (TPSA) is 99.4 Å². The third-order valence-corrected chi connectivity index (χ3v) is 7.26. The SMILES string of the molecule is CCOS(=O)(=O)N1CCC[C@@H](n2nc(-c3ccc(Oc4ccccc4)cc3)c3cncnc32)C1. The Morgan fingerprint density at radius 3 is 2.59 bits per heavy atom. The fourth-order valence-corrected chi connectivity index (χ4v) is 5.36. The largest absolute Gasteiger partial charge is 0.457 e. The molecule has 5 rings (SSSR count). The van der Waals surface area contributed by atoms with E-state index in [9.17, 15) is 8.42 Å². The van der Waals surface area contributed by atoms with Crippen LogP contribution in [-0.4, -0.2) is 52.2 Å². The van der Waals surface area contributed by atoms with Crippen LogP contribution in [0.4, 0.5) is 0 Å². The van der Waals surface area contributed by atoms with Gasteiger partial charge in [-0.15, -0.1) is 0 Å². The molecule has 9 nitrogen and oxygen atoms in total. The Morgan fingerprint density at radius 2 is 1.82 bits per heavy atom. The van der Waals surface area contributed by atoms with Crippen LogP contribution in [0.3, 0.4) is 0 Å². The van der Waals surface area contributed by atoms with Crippen molar-refractivity contribution >= 4 is 21.3 Å². The molecule has 1 atom stereocenters. The standard InChI is InChI=1S/C24H25N5O4S/c1-2-32-34(30,31)28-14-6-7-19(16-28)29-24-22(15-25-17-26-24)23(27-29)18-10-12-21(13-11-18)33-20-8-4-3-5-9-20/h3-5,8-13,15,17,19H,2,6-7,14,16H2,1H3/t19-/m1/s1. The maximum Gasteiger partial charge on any atom is 0.338 e. The van der Waals surface area contributed by atoms with Crippen LogP contribution in [0.15, 0.2) is 67.1 Å². The molecule has 4 aromatic rings. The molecule has 1 aliphatic heterocycles. The lowest BCUT2D eigenvalue weighted by Gasteiger charge is -2.31. The number of aromatic nitrogens is 4. The van der Waals surface area contributed by atoms with Crippen LogP contribution in [0, 0.1) is 0 Å². The summed E-state index contributed by atoms with van der Waals surface area (Å²) in [7, 11) is -3.76. The molecular weight excluding hydrogens is 454 g/mol. The van der Waals surface area contributed by atoms with Crippen LogP contribution in [0.2, 0.25) is 0 Å². The molecule has 0 spiro atoms. The van der Waals surface area contributed by atoms with Crippen molar-refractivity contribution < 1.29 is 17.3 Å². The number of hydrogen-bond donors (Lipinski definition) is 0. The van der Waals surface area contributed by atoms with Gasteiger partial charge >= 0.3 is 10.3 Å². The predicted octanol–water partition coefficient (Wildman–Crippen LogP) is 4.20. The van der Waals surface area contributed by atoms with Crippen molar-refractivity contribution in [2.45, 2.75) is 25.8 Å². The highest BCUT2D eigenvalue weighted by atomic mass is 32.2. The number of nitrogens with zero attached hydrogens (tertiary/aromatic N) is 5. The molecule has 0 aliphatic carbocycles. The van der Waals surface area contributed by atoms with Crippen molar-refractivity contribution in [2.75, 3.05) is 19.7 Å². The summed E-state index contributed by atoms with van der Waals surface area (Å²) in [5.74, 6) is 1.49. The van der Waals surface area contributed by atoms with Gasteiger partial charge in [0.25, 0.3) is 0 Å². The molecule has 0 amide bonds. The highest BCUT2D eigenvalue weighted by molar-refractivity contribution is 7.84. The Hall–Kier alpha value is -3.34. The fraction of sp³-hybridized carbons (Fsp3) is 0.292. The number of hydrogen-bond acceptors (Lipinski definition) is 7. The average Bonchev–Trinajstić information content (AvgIpc) is 3.25. The third kappa shape index (κ3) is 4.52. The summed E-state index contributed by atoms with van der Waals surface area (Å²) in [5, 5.41) is 5.68. The van der Waals surface area contributed by atoms with Gasteiger partial charge in [0.2, 0.25) is 0 Å². The van der Waals surface area contributed by atoms with Crippen molar-refractivity contribution in [3.63, 3.8) is 0 Å². The van der Waals surface area contributed by atoms with Crippen LogP contribution in [-0.2, 0) is 14.5 Å². The number of para-hydroxylation sites is 1. The lowest BCUT2D eigenvalue weighted by molar-refractivity contribution is 0.218. The molecule has 176 valence electrons. The van der Waals surface area contributed by atoms with Gasteiger partial charge in [-0.3, -0.25) is 4.18 Å². The van der Waals surface area contributed by atoms with Gasteiger partial charge in [0, 0.05) is 24.8 Å². The zero-order valence-electron chi connectivity index (χ0n) is 18.7. The Morgan fingerprint density at radius 1 is 1.06 bits per heavy atom. The number of piperidine rings is 1. The van der Waals surface area contributed by atoms with E-state index in [4.69, 9.17) is 14.0 Å². The highest BCUT2D eigenvalue weighted by Crippen LogP contribution is 2.33. The maximum absolute atomic E-state index is 12.5. The van der Waals surface area contributed by atoms with E-state index in [-0.39, 0.29) is 19.2 Å². The van der Waals surface area contributed by atoms with Crippen LogP contribution in [0.25, 0.3) is 22.3 Å². The van der Waals surface area contributed by atoms with Gasteiger partial charge in [0.1, 0.15) is 23.5 Å². The summed E-state index contributed by atoms with van der Waals surface area (Å²) >= 11 is 0. The second-order valence-corrected chi connectivity index (χ2v) is 9.62. The number of ether oxygens (including phenoxy) is 1. The van der Waals surface area contributed by atoms with Crippen molar-refractivity contribution in [3.8, 4) is 22.8 Å². The first kappa shape index (κ1) is 22.5. The van der Waals surface area contributed by atoms with Gasteiger partial charge in [-0.2, -0.15) is 17.8 Å². The van der Waals surface area contributed by atoms with E-state index in [2.05, 4.69) is 9.97 Å². The second kappa shape index (κ2) is 9.49. The molecule has 3 heterocycles. The van der Waals surface area contributed by atoms with Gasteiger partial charge < -0.3 is 4.74 Å². The minimum absolute atomic E-state index is 0.107. The van der Waals surface area contributed by atoms with Gasteiger partial charge in [0.05, 0.1) is 18.0 Å². The summed E-state index contributed by atoms with van der Waals surface area (Å²) in [6.45, 7) is 2.49. The molecule has 1 aliphatic rings. The first-order chi connectivity index (χ1) is 16.5. The van der Waals surface area contributed by atoms with E-state index in [0.717, 1.165) is 34.6 Å². The Labute approximate surface area is 198 Å². The van der Waals surface area contributed by atoms with E-state index in [1.54, 1.807) is 13.1 Å². The molecule has 0 saturated carbocycles. The monoisotopic (exact) mass is 479 g/mol. The molecule has 2 aromatic carbocycles. The number of fused-ring (bicyclic) bond motifs is 1. The van der Waals surface area contributed by atoms with Gasteiger partial charge in [-0.1, -0.05) is 18.2 Å². The third-order valence-electron chi connectivity index (χ3n) is 5.77. The van der Waals surface area contributed by atoms with E-state index < -0.39 is 10.3 Å². The molecule has 1 fully saturated rings. The summed E-state index contributed by atoms with van der Waals surface area (Å²) in [5.41, 5.74) is 2.32. The Balaban J connectivity index is 1.45. The van der Waals surface area contributed by atoms with Crippen molar-refractivity contribution in [1.82, 2.24) is 24.1 Å². The first-order valence-electron chi connectivity index (χ1n) is 11.2. The molecule has 0 N–H and O–H groups in total. The summed E-state index contributed by atoms with van der Waals surface area (Å²) < 4.78 is 39.0. The Bertz CT molecular complexity index is 1370. The molecule has 0 bridgehead atoms. The van der Waals surface area contributed by atoms with Crippen LogP contribution >= 0.6 is 0 Å². The number of rotatable bonds is 7. The van der Waals surface area contributed by atoms with Gasteiger partial charge in [0.15, 0.2) is 5.65 Å². The highest BCUT2D eigenvalue weighted by Gasteiger charge is 2.32. The second-order valence-electron chi connectivity index (χ2n) is 8.01. The van der Waals surface area contributed by atoms with E-state index in [1.807, 2.05) is 59.3 Å². The van der Waals surface area contributed by atoms with Crippen molar-refractivity contribution in [3.05, 3.63) is 67.1 Å². The van der Waals surface area contributed by atoms with Crippen molar-refractivity contribution in [2.24, 2.45) is 0 Å². The first-order valence-corrected chi connectivity index (χ1v) is 12.6. The van der Waals surface area contributed by atoms with Crippen LogP contribution in [0.1, 0.15) is 25.8 Å². The fourth-order valence-electron chi connectivity index (χ4n) is 4.20. The van der Waals surface area contributed by atoms with Crippen molar-refractivity contribution in [1.29, 1.82) is 0 Å². The lowest BCUT2D eigenvalue weighted by atomic mass is 10.1. The van der Waals surface area contributed by atoms with Crippen LogP contribution < -0.4 is 4.74 Å². The van der Waals surface area contributed by atoms with Crippen LogP contribution in [0.5, 0.6) is 11.5 Å². The van der Waals surface area contributed by atoms with Gasteiger partial charge in [-0.05, 0) is 56.2 Å². The predicted molar refractivity (Wildman–Crippen MR) is 128 cm³/mol. The summed E-state index contributed by atoms with van der Waals surface area (Å²) in [4.78, 5) is 8.66. The molecule has 10 heteroatoms. The summed E-state index contributed by atoms with van der Waals surface area (Å²) in [6, 6.07) is 17.1. The quantitative estimate of drug-likeness (QED) is 0.392. The lowest BCUT2D eigenvalue weighted by Crippen LogP contribution is -2.41. The zero-order valence-corrected chi connectivity index (χ0v) is 19.6. The number of benzene rings is 2. The molecule has 2 aromatic heterocycles. The smallest absolute Gasteiger partial charge is 0.338 e. The maximum atomic E-state index is 12.5. The van der Waals surface area contributed by atoms with Gasteiger partial charge in [-0.25, -0.2) is 14.6 Å². The zero-order chi connectivity index (χ0) is 23.5. The van der Waals surface area contributed by atoms with E-state index in [1.165, 1.54) is 10.6 Å². The van der Waals surface area contributed by atoms with E-state index >= 15 is 0 Å². The molecule has 1 saturated heterocycles.